The summed E-state index contributed by atoms with van der Waals surface area (Å²) in [5.74, 6) is 0. The van der Waals surface area contributed by atoms with E-state index in [1.165, 1.54) is 11.3 Å². The molecule has 0 unspecified atom stereocenters. The maximum absolute atomic E-state index is 11.6. The van der Waals surface area contributed by atoms with Crippen LogP contribution in [0.4, 0.5) is 16.2 Å². The normalized spacial score (nSPS) is 10.2. The number of anilines is 2. The van der Waals surface area contributed by atoms with Crippen LogP contribution in [0.3, 0.4) is 0 Å². The Balaban J connectivity index is 1.74. The summed E-state index contributed by atoms with van der Waals surface area (Å²) in [7, 11) is 0. The Bertz CT molecular complexity index is 553. The van der Waals surface area contributed by atoms with Crippen molar-refractivity contribution in [2.75, 3.05) is 17.6 Å². The lowest BCUT2D eigenvalue weighted by molar-refractivity contribution is 0.252. The summed E-state index contributed by atoms with van der Waals surface area (Å²) in [6.45, 7) is 0.567. The zero-order valence-electron chi connectivity index (χ0n) is 10.2. The number of nitrogens with two attached hydrogens (primary N) is 1. The van der Waals surface area contributed by atoms with E-state index < -0.39 is 0 Å². The van der Waals surface area contributed by atoms with Crippen LogP contribution in [0, 0.1) is 0 Å². The minimum absolute atomic E-state index is 0.229. The number of rotatable bonds is 4. The van der Waals surface area contributed by atoms with Gasteiger partial charge in [0.1, 0.15) is 0 Å². The van der Waals surface area contributed by atoms with E-state index in [1.807, 2.05) is 12.1 Å². The van der Waals surface area contributed by atoms with Crippen molar-refractivity contribution in [3.05, 3.63) is 45.6 Å². The molecule has 6 heteroatoms. The minimum Gasteiger partial charge on any atom is -0.399 e. The van der Waals surface area contributed by atoms with Gasteiger partial charge in [0.05, 0.1) is 4.34 Å². The molecule has 0 spiro atoms. The molecule has 0 bridgehead atoms. The molecule has 100 valence electrons. The largest absolute Gasteiger partial charge is 0.399 e. The molecule has 4 nitrogen and oxygen atoms in total. The van der Waals surface area contributed by atoms with Crippen molar-refractivity contribution in [1.29, 1.82) is 0 Å². The third kappa shape index (κ3) is 4.46. The number of hydrogen-bond acceptors (Lipinski definition) is 3. The van der Waals surface area contributed by atoms with Gasteiger partial charge in [-0.05, 0) is 42.8 Å². The summed E-state index contributed by atoms with van der Waals surface area (Å²) >= 11 is 7.36. The van der Waals surface area contributed by atoms with E-state index in [9.17, 15) is 4.79 Å². The number of urea groups is 1. The van der Waals surface area contributed by atoms with Crippen LogP contribution in [-0.4, -0.2) is 12.6 Å². The van der Waals surface area contributed by atoms with Gasteiger partial charge in [0, 0.05) is 22.8 Å². The second-order valence-electron chi connectivity index (χ2n) is 3.96. The van der Waals surface area contributed by atoms with E-state index in [2.05, 4.69) is 10.6 Å². The highest BCUT2D eigenvalue weighted by atomic mass is 35.5. The number of carbonyl (C=O) groups is 1. The lowest BCUT2D eigenvalue weighted by Crippen LogP contribution is -2.30. The average molecular weight is 296 g/mol. The van der Waals surface area contributed by atoms with Gasteiger partial charge >= 0.3 is 6.03 Å². The molecule has 1 aromatic heterocycles. The average Bonchev–Trinajstić information content (AvgIpc) is 2.78. The van der Waals surface area contributed by atoms with E-state index >= 15 is 0 Å². The summed E-state index contributed by atoms with van der Waals surface area (Å²) in [5, 5.41) is 5.52. The van der Waals surface area contributed by atoms with Gasteiger partial charge in [0.25, 0.3) is 0 Å². The maximum atomic E-state index is 11.6. The number of halogens is 1. The van der Waals surface area contributed by atoms with Crippen LogP contribution in [-0.2, 0) is 6.42 Å². The summed E-state index contributed by atoms with van der Waals surface area (Å²) in [4.78, 5) is 12.8. The molecule has 1 heterocycles. The lowest BCUT2D eigenvalue weighted by atomic mass is 10.3. The van der Waals surface area contributed by atoms with Crippen LogP contribution in [0.15, 0.2) is 36.4 Å². The Labute approximate surface area is 120 Å². The van der Waals surface area contributed by atoms with Crippen LogP contribution in [0.1, 0.15) is 4.88 Å². The standard InChI is InChI=1S/C13H14ClN3OS/c14-12-6-5-11(19-12)7-8-16-13(18)17-10-3-1-9(15)2-4-10/h1-6H,7-8,15H2,(H2,16,17,18). The second kappa shape index (κ2) is 6.45. The van der Waals surface area contributed by atoms with Gasteiger partial charge in [-0.25, -0.2) is 4.79 Å². The van der Waals surface area contributed by atoms with E-state index in [0.29, 0.717) is 17.9 Å². The molecular formula is C13H14ClN3OS. The summed E-state index contributed by atoms with van der Waals surface area (Å²) in [6.07, 6.45) is 0.770. The van der Waals surface area contributed by atoms with E-state index in [1.54, 1.807) is 24.3 Å². The summed E-state index contributed by atoms with van der Waals surface area (Å²) in [5.41, 5.74) is 6.95. The molecular weight excluding hydrogens is 282 g/mol. The molecule has 19 heavy (non-hydrogen) atoms. The monoisotopic (exact) mass is 295 g/mol. The number of nitrogen functional groups attached to an aromatic ring is 1. The fraction of sp³-hybridized carbons (Fsp3) is 0.154. The van der Waals surface area contributed by atoms with Crippen LogP contribution >= 0.6 is 22.9 Å². The molecule has 1 aromatic carbocycles. The first-order chi connectivity index (χ1) is 9.13. The number of benzene rings is 1. The number of carbonyl (C=O) groups excluding carboxylic acids is 1. The lowest BCUT2D eigenvalue weighted by Gasteiger charge is -2.07. The van der Waals surface area contributed by atoms with Gasteiger partial charge in [-0.1, -0.05) is 11.6 Å². The van der Waals surface area contributed by atoms with Crippen molar-refractivity contribution in [2.24, 2.45) is 0 Å². The Morgan fingerprint density at radius 2 is 1.95 bits per heavy atom. The number of nitrogens with one attached hydrogen (secondary N) is 2. The van der Waals surface area contributed by atoms with Gasteiger partial charge in [-0.2, -0.15) is 0 Å². The van der Waals surface area contributed by atoms with Crippen LogP contribution in [0.2, 0.25) is 4.34 Å². The Morgan fingerprint density at radius 1 is 1.21 bits per heavy atom. The predicted octanol–water partition coefficient (Wildman–Crippen LogP) is 3.35. The quantitative estimate of drug-likeness (QED) is 0.757. The van der Waals surface area contributed by atoms with Crippen molar-refractivity contribution < 1.29 is 4.79 Å². The maximum Gasteiger partial charge on any atom is 0.319 e. The molecule has 0 atom stereocenters. The molecule has 0 saturated heterocycles. The van der Waals surface area contributed by atoms with Crippen LogP contribution in [0.25, 0.3) is 0 Å². The molecule has 2 amide bonds. The first kappa shape index (κ1) is 13.7. The van der Waals surface area contributed by atoms with E-state index in [-0.39, 0.29) is 6.03 Å². The van der Waals surface area contributed by atoms with E-state index in [4.69, 9.17) is 17.3 Å². The zero-order valence-corrected chi connectivity index (χ0v) is 11.7. The first-order valence-corrected chi connectivity index (χ1v) is 6.97. The smallest absolute Gasteiger partial charge is 0.319 e. The van der Waals surface area contributed by atoms with Crippen LogP contribution < -0.4 is 16.4 Å². The van der Waals surface area contributed by atoms with Crippen molar-refractivity contribution in [3.8, 4) is 0 Å². The van der Waals surface area contributed by atoms with Crippen molar-refractivity contribution in [3.63, 3.8) is 0 Å². The SMILES string of the molecule is Nc1ccc(NC(=O)NCCc2ccc(Cl)s2)cc1. The highest BCUT2D eigenvalue weighted by Crippen LogP contribution is 2.21. The molecule has 2 rings (SSSR count). The molecule has 2 aromatic rings. The molecule has 4 N–H and O–H groups in total. The molecule has 0 fully saturated rings. The summed E-state index contributed by atoms with van der Waals surface area (Å²) < 4.78 is 0.765. The van der Waals surface area contributed by atoms with E-state index in [0.717, 1.165) is 15.6 Å². The topological polar surface area (TPSA) is 67.1 Å². The molecule has 0 aliphatic heterocycles. The van der Waals surface area contributed by atoms with Gasteiger partial charge in [0.2, 0.25) is 0 Å². The minimum atomic E-state index is -0.229. The summed E-state index contributed by atoms with van der Waals surface area (Å²) in [6, 6.07) is 10.6. The zero-order chi connectivity index (χ0) is 13.7. The van der Waals surface area contributed by atoms with Crippen molar-refractivity contribution >= 4 is 40.3 Å². The highest BCUT2D eigenvalue weighted by molar-refractivity contribution is 7.16. The molecule has 0 aliphatic rings. The third-order valence-electron chi connectivity index (χ3n) is 2.45. The molecule has 0 aliphatic carbocycles. The fourth-order valence-electron chi connectivity index (χ4n) is 1.53. The third-order valence-corrected chi connectivity index (χ3v) is 3.75. The van der Waals surface area contributed by atoms with Gasteiger partial charge in [-0.15, -0.1) is 11.3 Å². The van der Waals surface area contributed by atoms with Crippen molar-refractivity contribution in [2.45, 2.75) is 6.42 Å². The van der Waals surface area contributed by atoms with Gasteiger partial charge in [-0.3, -0.25) is 0 Å². The Hall–Kier alpha value is -1.72. The van der Waals surface area contributed by atoms with Crippen molar-refractivity contribution in [1.82, 2.24) is 5.32 Å². The highest BCUT2D eigenvalue weighted by Gasteiger charge is 2.02. The Kier molecular flexibility index (Phi) is 4.65. The fourth-order valence-corrected chi connectivity index (χ4v) is 2.61. The number of hydrogen-bond donors (Lipinski definition) is 3. The first-order valence-electron chi connectivity index (χ1n) is 5.78. The van der Waals surface area contributed by atoms with Gasteiger partial charge in [0.15, 0.2) is 0 Å². The Morgan fingerprint density at radius 3 is 2.58 bits per heavy atom. The second-order valence-corrected chi connectivity index (χ2v) is 5.76. The predicted molar refractivity (Wildman–Crippen MR) is 80.9 cm³/mol. The van der Waals surface area contributed by atoms with Crippen LogP contribution in [0.5, 0.6) is 0 Å². The molecule has 0 saturated carbocycles. The molecule has 0 radical (unpaired) electrons. The number of amides is 2. The number of thiophene rings is 1. The van der Waals surface area contributed by atoms with Gasteiger partial charge < -0.3 is 16.4 Å².